The van der Waals surface area contributed by atoms with E-state index in [4.69, 9.17) is 10.4 Å². The highest BCUT2D eigenvalue weighted by Crippen LogP contribution is 2.34. The summed E-state index contributed by atoms with van der Waals surface area (Å²) in [5.74, 6) is -2.06. The molecule has 0 aromatic heterocycles. The van der Waals surface area contributed by atoms with Gasteiger partial charge >= 0.3 is 12.1 Å². The van der Waals surface area contributed by atoms with E-state index in [1.165, 1.54) is 24.3 Å². The Morgan fingerprint density at radius 2 is 1.75 bits per heavy atom. The van der Waals surface area contributed by atoms with Crippen molar-refractivity contribution in [3.63, 3.8) is 0 Å². The van der Waals surface area contributed by atoms with Gasteiger partial charge < -0.3 is 15.7 Å². The van der Waals surface area contributed by atoms with Gasteiger partial charge in [-0.3, -0.25) is 4.79 Å². The quantitative estimate of drug-likeness (QED) is 0.518. The first-order valence-electron chi connectivity index (χ1n) is 7.86. The highest BCUT2D eigenvalue weighted by molar-refractivity contribution is 6.06. The third kappa shape index (κ3) is 5.35. The molecule has 0 atom stereocenters. The van der Waals surface area contributed by atoms with Crippen LogP contribution in [0.15, 0.2) is 60.3 Å². The molecular weight excluding hydrogens is 375 g/mol. The average molecular weight is 389 g/mol. The van der Waals surface area contributed by atoms with Crippen LogP contribution >= 0.6 is 0 Å². The maximum Gasteiger partial charge on any atom is 0.418 e. The minimum Gasteiger partial charge on any atom is -0.478 e. The number of benzene rings is 2. The molecule has 6 nitrogen and oxygen atoms in total. The van der Waals surface area contributed by atoms with Gasteiger partial charge in [-0.25, -0.2) is 4.79 Å². The van der Waals surface area contributed by atoms with Crippen LogP contribution in [-0.4, -0.2) is 17.0 Å². The smallest absolute Gasteiger partial charge is 0.418 e. The van der Waals surface area contributed by atoms with E-state index in [1.807, 2.05) is 0 Å². The van der Waals surface area contributed by atoms with Gasteiger partial charge in [-0.2, -0.15) is 18.4 Å². The molecule has 0 heterocycles. The zero-order valence-electron chi connectivity index (χ0n) is 14.2. The molecule has 1 amide bonds. The summed E-state index contributed by atoms with van der Waals surface area (Å²) in [4.78, 5) is 22.9. The average Bonchev–Trinajstić information content (AvgIpc) is 2.65. The van der Waals surface area contributed by atoms with Gasteiger partial charge in [-0.05, 0) is 29.8 Å². The fourth-order valence-corrected chi connectivity index (χ4v) is 2.21. The summed E-state index contributed by atoms with van der Waals surface area (Å²) in [7, 11) is 0. The number of nitrogens with one attached hydrogen (secondary N) is 2. The van der Waals surface area contributed by atoms with Crippen molar-refractivity contribution in [2.45, 2.75) is 12.7 Å². The number of carbonyl (C=O) groups excluding carboxylic acids is 1. The van der Waals surface area contributed by atoms with E-state index < -0.39 is 34.9 Å². The number of aromatic carboxylic acids is 1. The second kappa shape index (κ2) is 8.73. The summed E-state index contributed by atoms with van der Waals surface area (Å²) in [5, 5.41) is 22.7. The Balaban J connectivity index is 2.06. The monoisotopic (exact) mass is 389 g/mol. The normalized spacial score (nSPS) is 11.4. The molecule has 0 saturated carbocycles. The summed E-state index contributed by atoms with van der Waals surface area (Å²) in [6.07, 6.45) is -3.57. The van der Waals surface area contributed by atoms with Gasteiger partial charge in [0.05, 0.1) is 16.8 Å². The molecule has 0 radical (unpaired) electrons. The number of carbonyl (C=O) groups is 2. The molecule has 2 aromatic rings. The van der Waals surface area contributed by atoms with Crippen LogP contribution in [0.3, 0.4) is 0 Å². The first-order chi connectivity index (χ1) is 13.2. The second-order valence-electron chi connectivity index (χ2n) is 5.55. The molecule has 2 rings (SSSR count). The van der Waals surface area contributed by atoms with E-state index in [9.17, 15) is 22.8 Å². The minimum atomic E-state index is -4.65. The first-order valence-corrected chi connectivity index (χ1v) is 7.86. The Bertz CT molecular complexity index is 945. The number of nitrogens with zero attached hydrogens (tertiary/aromatic N) is 1. The van der Waals surface area contributed by atoms with Gasteiger partial charge in [0, 0.05) is 12.7 Å². The van der Waals surface area contributed by atoms with E-state index in [1.54, 1.807) is 18.2 Å². The van der Waals surface area contributed by atoms with Crippen molar-refractivity contribution in [1.29, 1.82) is 5.26 Å². The molecule has 2 aromatic carbocycles. The van der Waals surface area contributed by atoms with Gasteiger partial charge in [-0.1, -0.05) is 24.3 Å². The second-order valence-corrected chi connectivity index (χ2v) is 5.55. The zero-order chi connectivity index (χ0) is 20.7. The van der Waals surface area contributed by atoms with Crippen molar-refractivity contribution in [3.8, 4) is 6.07 Å². The van der Waals surface area contributed by atoms with E-state index in [-0.39, 0.29) is 12.1 Å². The maximum absolute atomic E-state index is 13.0. The van der Waals surface area contributed by atoms with Crippen molar-refractivity contribution in [2.24, 2.45) is 0 Å². The van der Waals surface area contributed by atoms with Gasteiger partial charge in [0.25, 0.3) is 5.91 Å². The fraction of sp³-hybridized carbons (Fsp3) is 0.105. The first kappa shape index (κ1) is 20.5. The zero-order valence-corrected chi connectivity index (χ0v) is 14.2. The van der Waals surface area contributed by atoms with Crippen molar-refractivity contribution < 1.29 is 27.9 Å². The van der Waals surface area contributed by atoms with Crippen molar-refractivity contribution in [2.75, 3.05) is 5.32 Å². The molecule has 0 unspecified atom stereocenters. The van der Waals surface area contributed by atoms with Gasteiger partial charge in [0.2, 0.25) is 0 Å². The number of nitriles is 1. The molecule has 28 heavy (non-hydrogen) atoms. The lowest BCUT2D eigenvalue weighted by atomic mass is 10.1. The number of amides is 1. The van der Waals surface area contributed by atoms with Crippen LogP contribution in [0.2, 0.25) is 0 Å². The molecule has 0 spiro atoms. The van der Waals surface area contributed by atoms with Crippen LogP contribution in [0, 0.1) is 11.3 Å². The number of rotatable bonds is 6. The van der Waals surface area contributed by atoms with Gasteiger partial charge in [0.15, 0.2) is 0 Å². The Morgan fingerprint density at radius 1 is 1.11 bits per heavy atom. The lowest BCUT2D eigenvalue weighted by Gasteiger charge is -2.13. The lowest BCUT2D eigenvalue weighted by Crippen LogP contribution is -2.19. The molecule has 0 aliphatic carbocycles. The van der Waals surface area contributed by atoms with E-state index in [0.717, 1.165) is 18.3 Å². The van der Waals surface area contributed by atoms with Crippen LogP contribution < -0.4 is 10.6 Å². The molecule has 144 valence electrons. The largest absolute Gasteiger partial charge is 0.478 e. The molecule has 9 heteroatoms. The number of hydrogen-bond donors (Lipinski definition) is 3. The number of anilines is 1. The van der Waals surface area contributed by atoms with E-state index in [0.29, 0.717) is 5.56 Å². The summed E-state index contributed by atoms with van der Waals surface area (Å²) < 4.78 is 38.9. The molecule has 0 aliphatic heterocycles. The van der Waals surface area contributed by atoms with Crippen LogP contribution in [0.5, 0.6) is 0 Å². The molecule has 0 fully saturated rings. The summed E-state index contributed by atoms with van der Waals surface area (Å²) in [6.45, 7) is 0.178. The van der Waals surface area contributed by atoms with Crippen LogP contribution in [0.25, 0.3) is 0 Å². The van der Waals surface area contributed by atoms with E-state index >= 15 is 0 Å². The van der Waals surface area contributed by atoms with Crippen LogP contribution in [0.4, 0.5) is 18.9 Å². The number of alkyl halides is 3. The Kier molecular flexibility index (Phi) is 6.39. The predicted molar refractivity (Wildman–Crippen MR) is 94.0 cm³/mol. The summed E-state index contributed by atoms with van der Waals surface area (Å²) >= 11 is 0. The molecule has 0 saturated heterocycles. The number of carboxylic acids is 1. The van der Waals surface area contributed by atoms with Gasteiger partial charge in [0.1, 0.15) is 11.6 Å². The number of para-hydroxylation sites is 1. The topological polar surface area (TPSA) is 102 Å². The molecule has 0 aliphatic rings. The number of hydrogen-bond acceptors (Lipinski definition) is 4. The predicted octanol–water partition coefficient (Wildman–Crippen LogP) is 3.54. The summed E-state index contributed by atoms with van der Waals surface area (Å²) in [5.41, 5.74) is -1.10. The van der Waals surface area contributed by atoms with Crippen molar-refractivity contribution in [1.82, 2.24) is 5.32 Å². The highest BCUT2D eigenvalue weighted by Gasteiger charge is 2.33. The molecule has 0 bridgehead atoms. The Morgan fingerprint density at radius 3 is 2.32 bits per heavy atom. The van der Waals surface area contributed by atoms with Crippen LogP contribution in [0.1, 0.15) is 21.5 Å². The fourth-order valence-electron chi connectivity index (χ4n) is 2.21. The Hall–Kier alpha value is -3.80. The SMILES string of the molecule is N#C/C(=C/NCc1ccc(C(=O)O)cc1)C(=O)Nc1ccccc1C(F)(F)F. The lowest BCUT2D eigenvalue weighted by molar-refractivity contribution is -0.137. The van der Waals surface area contributed by atoms with Crippen molar-refractivity contribution in [3.05, 3.63) is 77.0 Å². The minimum absolute atomic E-state index is 0.111. The third-order valence-corrected chi connectivity index (χ3v) is 3.60. The molecular formula is C19H14F3N3O3. The Labute approximate surface area is 157 Å². The van der Waals surface area contributed by atoms with Gasteiger partial charge in [-0.15, -0.1) is 0 Å². The summed E-state index contributed by atoms with van der Waals surface area (Å²) in [6, 6.07) is 12.0. The van der Waals surface area contributed by atoms with Crippen molar-refractivity contribution >= 4 is 17.6 Å². The molecule has 3 N–H and O–H groups in total. The van der Waals surface area contributed by atoms with E-state index in [2.05, 4.69) is 10.6 Å². The highest BCUT2D eigenvalue weighted by atomic mass is 19.4. The number of halogens is 3. The maximum atomic E-state index is 13.0. The standard InChI is InChI=1S/C19H14F3N3O3/c20-19(21,22)15-3-1-2-4-16(15)25-17(26)14(9-23)11-24-10-12-5-7-13(8-6-12)18(27)28/h1-8,11,24H,10H2,(H,25,26)(H,27,28)/b14-11-. The number of carboxylic acid groups (broad SMARTS) is 1. The van der Waals surface area contributed by atoms with Crippen LogP contribution in [-0.2, 0) is 17.5 Å². The third-order valence-electron chi connectivity index (χ3n) is 3.60.